The summed E-state index contributed by atoms with van der Waals surface area (Å²) in [5.74, 6) is 0.998. The van der Waals surface area contributed by atoms with Gasteiger partial charge in [0, 0.05) is 11.3 Å². The summed E-state index contributed by atoms with van der Waals surface area (Å²) in [5, 5.41) is 0. The fourth-order valence-corrected chi connectivity index (χ4v) is 4.34. The molecule has 0 bridgehead atoms. The molecule has 0 N–H and O–H groups in total. The fraction of sp³-hybridized carbons (Fsp3) is 0.312. The van der Waals surface area contributed by atoms with Gasteiger partial charge in [0.25, 0.3) is 0 Å². The van der Waals surface area contributed by atoms with E-state index in [4.69, 9.17) is 4.74 Å². The number of ether oxygens (including phenoxy) is 1. The van der Waals surface area contributed by atoms with Gasteiger partial charge in [0.15, 0.2) is 5.78 Å². The molecule has 0 saturated carbocycles. The average molecular weight is 351 g/mol. The number of aryl methyl sites for hydroxylation is 2. The van der Waals surface area contributed by atoms with Crippen LogP contribution in [0.1, 0.15) is 32.1 Å². The summed E-state index contributed by atoms with van der Waals surface area (Å²) in [6.45, 7) is 0. The molecule has 1 aliphatic rings. The zero-order chi connectivity index (χ0) is 14.1. The van der Waals surface area contributed by atoms with Crippen molar-refractivity contribution in [1.29, 1.82) is 0 Å². The van der Waals surface area contributed by atoms with Gasteiger partial charge in [-0.15, -0.1) is 11.3 Å². The van der Waals surface area contributed by atoms with Crippen LogP contribution in [0.25, 0.3) is 0 Å². The SMILES string of the molecule is COc1ccc(CC(=O)c2cc3c(s2)CCC3)cc1Br. The van der Waals surface area contributed by atoms with E-state index in [1.807, 2.05) is 18.2 Å². The molecule has 0 aliphatic heterocycles. The second kappa shape index (κ2) is 5.70. The lowest BCUT2D eigenvalue weighted by atomic mass is 10.1. The van der Waals surface area contributed by atoms with Crippen molar-refractivity contribution in [2.75, 3.05) is 7.11 Å². The van der Waals surface area contributed by atoms with E-state index in [0.29, 0.717) is 6.42 Å². The number of carbonyl (C=O) groups is 1. The van der Waals surface area contributed by atoms with Crippen LogP contribution in [0, 0.1) is 0 Å². The van der Waals surface area contributed by atoms with Crippen molar-refractivity contribution in [3.8, 4) is 5.75 Å². The summed E-state index contributed by atoms with van der Waals surface area (Å²) in [6, 6.07) is 7.88. The molecule has 1 aromatic carbocycles. The molecule has 1 heterocycles. The van der Waals surface area contributed by atoms with Gasteiger partial charge in [-0.2, -0.15) is 0 Å². The van der Waals surface area contributed by atoms with Crippen molar-refractivity contribution in [1.82, 2.24) is 0 Å². The molecule has 0 unspecified atom stereocenters. The zero-order valence-corrected chi connectivity index (χ0v) is 13.6. The first kappa shape index (κ1) is 13.8. The van der Waals surface area contributed by atoms with Gasteiger partial charge < -0.3 is 4.74 Å². The first-order chi connectivity index (χ1) is 9.67. The Bertz CT molecular complexity index is 639. The minimum Gasteiger partial charge on any atom is -0.496 e. The molecule has 3 rings (SSSR count). The highest BCUT2D eigenvalue weighted by molar-refractivity contribution is 9.10. The quantitative estimate of drug-likeness (QED) is 0.762. The number of hydrogen-bond donors (Lipinski definition) is 0. The van der Waals surface area contributed by atoms with Crippen LogP contribution < -0.4 is 4.74 Å². The minimum atomic E-state index is 0.210. The second-order valence-electron chi connectivity index (χ2n) is 4.98. The Labute approximate surface area is 130 Å². The number of carbonyl (C=O) groups excluding carboxylic acids is 1. The predicted molar refractivity (Wildman–Crippen MR) is 85.1 cm³/mol. The summed E-state index contributed by atoms with van der Waals surface area (Å²) in [5.41, 5.74) is 2.39. The van der Waals surface area contributed by atoms with E-state index in [9.17, 15) is 4.79 Å². The molecule has 0 atom stereocenters. The van der Waals surface area contributed by atoms with Crippen LogP contribution >= 0.6 is 27.3 Å². The van der Waals surface area contributed by atoms with E-state index in [0.717, 1.165) is 33.5 Å². The van der Waals surface area contributed by atoms with Gasteiger partial charge in [-0.1, -0.05) is 6.07 Å². The monoisotopic (exact) mass is 350 g/mol. The van der Waals surface area contributed by atoms with Gasteiger partial charge in [0.1, 0.15) is 5.75 Å². The van der Waals surface area contributed by atoms with E-state index in [1.165, 1.54) is 16.9 Å². The Morgan fingerprint density at radius 2 is 2.20 bits per heavy atom. The van der Waals surface area contributed by atoms with Crippen molar-refractivity contribution >= 4 is 33.0 Å². The minimum absolute atomic E-state index is 0.210. The molecule has 2 nitrogen and oxygen atoms in total. The Morgan fingerprint density at radius 1 is 1.35 bits per heavy atom. The topological polar surface area (TPSA) is 26.3 Å². The van der Waals surface area contributed by atoms with E-state index in [1.54, 1.807) is 18.4 Å². The van der Waals surface area contributed by atoms with Crippen LogP contribution in [0.3, 0.4) is 0 Å². The summed E-state index contributed by atoms with van der Waals surface area (Å²) < 4.78 is 6.09. The number of rotatable bonds is 4. The molecule has 4 heteroatoms. The average Bonchev–Trinajstić information content (AvgIpc) is 2.99. The number of hydrogen-bond acceptors (Lipinski definition) is 3. The lowest BCUT2D eigenvalue weighted by Gasteiger charge is -2.05. The zero-order valence-electron chi connectivity index (χ0n) is 11.2. The number of Topliss-reactive ketones (excluding diaryl/α,β-unsaturated/α-hetero) is 1. The molecule has 0 radical (unpaired) electrons. The molecule has 2 aromatic rings. The van der Waals surface area contributed by atoms with Crippen LogP contribution in [0.15, 0.2) is 28.7 Å². The lowest BCUT2D eigenvalue weighted by Crippen LogP contribution is -2.01. The van der Waals surface area contributed by atoms with Gasteiger partial charge >= 0.3 is 0 Å². The summed E-state index contributed by atoms with van der Waals surface area (Å²) in [7, 11) is 1.64. The normalized spacial score (nSPS) is 13.3. The molecule has 1 aliphatic carbocycles. The Morgan fingerprint density at radius 3 is 2.90 bits per heavy atom. The third-order valence-electron chi connectivity index (χ3n) is 3.60. The molecule has 0 spiro atoms. The number of halogens is 1. The first-order valence-electron chi connectivity index (χ1n) is 6.64. The third kappa shape index (κ3) is 2.67. The molecule has 0 saturated heterocycles. The van der Waals surface area contributed by atoms with Crippen molar-refractivity contribution in [3.05, 3.63) is 49.6 Å². The van der Waals surface area contributed by atoms with Crippen LogP contribution in [-0.4, -0.2) is 12.9 Å². The lowest BCUT2D eigenvalue weighted by molar-refractivity contribution is 0.0996. The highest BCUT2D eigenvalue weighted by atomic mass is 79.9. The standard InChI is InChI=1S/C16H15BrO2S/c1-19-14-6-5-10(7-12(14)17)8-13(18)16-9-11-3-2-4-15(11)20-16/h5-7,9H,2-4,8H2,1H3. The predicted octanol–water partition coefficient (Wildman–Crippen LogP) is 4.43. The molecular weight excluding hydrogens is 336 g/mol. The smallest absolute Gasteiger partial charge is 0.177 e. The molecule has 0 fully saturated rings. The first-order valence-corrected chi connectivity index (χ1v) is 8.25. The highest BCUT2D eigenvalue weighted by Gasteiger charge is 2.18. The van der Waals surface area contributed by atoms with Crippen LogP contribution in [0.2, 0.25) is 0 Å². The summed E-state index contributed by atoms with van der Waals surface area (Å²) >= 11 is 5.13. The number of thiophene rings is 1. The van der Waals surface area contributed by atoms with Gasteiger partial charge in [-0.05, 0) is 64.5 Å². The maximum atomic E-state index is 12.3. The van der Waals surface area contributed by atoms with Gasteiger partial charge in [0.2, 0.25) is 0 Å². The van der Waals surface area contributed by atoms with E-state index >= 15 is 0 Å². The maximum absolute atomic E-state index is 12.3. The van der Waals surface area contributed by atoms with E-state index in [-0.39, 0.29) is 5.78 Å². The molecular formula is C16H15BrO2S. The molecule has 20 heavy (non-hydrogen) atoms. The number of fused-ring (bicyclic) bond motifs is 1. The van der Waals surface area contributed by atoms with Gasteiger partial charge in [0.05, 0.1) is 16.5 Å². The fourth-order valence-electron chi connectivity index (χ4n) is 2.56. The van der Waals surface area contributed by atoms with Crippen molar-refractivity contribution < 1.29 is 9.53 Å². The van der Waals surface area contributed by atoms with Crippen LogP contribution in [0.5, 0.6) is 5.75 Å². The summed E-state index contributed by atoms with van der Waals surface area (Å²) in [4.78, 5) is 14.7. The Kier molecular flexibility index (Phi) is 3.94. The summed E-state index contributed by atoms with van der Waals surface area (Å²) in [6.07, 6.45) is 3.96. The van der Waals surface area contributed by atoms with Crippen molar-refractivity contribution in [3.63, 3.8) is 0 Å². The molecule has 104 valence electrons. The van der Waals surface area contributed by atoms with Gasteiger partial charge in [-0.3, -0.25) is 4.79 Å². The number of ketones is 1. The molecule has 1 aromatic heterocycles. The molecule has 0 amide bonds. The van der Waals surface area contributed by atoms with Gasteiger partial charge in [-0.25, -0.2) is 0 Å². The highest BCUT2D eigenvalue weighted by Crippen LogP contribution is 2.32. The van der Waals surface area contributed by atoms with E-state index < -0.39 is 0 Å². The van der Waals surface area contributed by atoms with Crippen molar-refractivity contribution in [2.24, 2.45) is 0 Å². The number of benzene rings is 1. The largest absolute Gasteiger partial charge is 0.496 e. The maximum Gasteiger partial charge on any atom is 0.177 e. The number of methoxy groups -OCH3 is 1. The van der Waals surface area contributed by atoms with Crippen LogP contribution in [0.4, 0.5) is 0 Å². The Hall–Kier alpha value is -1.13. The Balaban J connectivity index is 1.76. The van der Waals surface area contributed by atoms with E-state index in [2.05, 4.69) is 22.0 Å². The third-order valence-corrected chi connectivity index (χ3v) is 5.50. The van der Waals surface area contributed by atoms with Crippen LogP contribution in [-0.2, 0) is 19.3 Å². The second-order valence-corrected chi connectivity index (χ2v) is 6.97. The van der Waals surface area contributed by atoms with Crippen molar-refractivity contribution in [2.45, 2.75) is 25.7 Å².